The molecule has 0 aliphatic carbocycles. The van der Waals surface area contributed by atoms with Crippen molar-refractivity contribution < 1.29 is 14.4 Å². The molecule has 0 fully saturated rings. The molecule has 0 saturated carbocycles. The van der Waals surface area contributed by atoms with E-state index in [1.54, 1.807) is 60.7 Å². The van der Waals surface area contributed by atoms with Crippen LogP contribution in [0.5, 0.6) is 0 Å². The number of aromatic nitrogens is 3. The van der Waals surface area contributed by atoms with Gasteiger partial charge < -0.3 is 0 Å². The van der Waals surface area contributed by atoms with Gasteiger partial charge in [-0.3, -0.25) is 14.4 Å². The van der Waals surface area contributed by atoms with Crippen LogP contribution in [0.4, 0.5) is 0 Å². The van der Waals surface area contributed by atoms with Gasteiger partial charge in [-0.1, -0.05) is 72.8 Å². The van der Waals surface area contributed by atoms with Gasteiger partial charge in [0.1, 0.15) is 30.2 Å². The van der Waals surface area contributed by atoms with Crippen LogP contribution in [0.3, 0.4) is 0 Å². The first-order valence-electron chi connectivity index (χ1n) is 9.13. The standard InChI is InChI=1S/C24H15N3O3/c28-13-16-1-7-19(8-2-16)22-23(20-9-3-17(14-29)4-10-20)25-27-26-24(22)21-11-5-18(15-30)6-12-21/h1-15H. The first-order chi connectivity index (χ1) is 14.7. The highest BCUT2D eigenvalue weighted by molar-refractivity contribution is 5.92. The third kappa shape index (κ3) is 3.66. The minimum atomic E-state index is 0.558. The number of carbonyl (C=O) groups is 3. The average molecular weight is 393 g/mol. The van der Waals surface area contributed by atoms with Crippen LogP contribution in [0.2, 0.25) is 0 Å². The fourth-order valence-corrected chi connectivity index (χ4v) is 3.17. The molecule has 6 heteroatoms. The van der Waals surface area contributed by atoms with E-state index in [9.17, 15) is 14.4 Å². The van der Waals surface area contributed by atoms with Crippen molar-refractivity contribution in [3.63, 3.8) is 0 Å². The molecule has 6 nitrogen and oxygen atoms in total. The summed E-state index contributed by atoms with van der Waals surface area (Å²) in [4.78, 5) is 33.1. The minimum Gasteiger partial charge on any atom is -0.298 e. The van der Waals surface area contributed by atoms with Crippen molar-refractivity contribution in [3.05, 3.63) is 89.5 Å². The molecule has 0 unspecified atom stereocenters. The van der Waals surface area contributed by atoms with Crippen LogP contribution < -0.4 is 0 Å². The molecule has 0 amide bonds. The summed E-state index contributed by atoms with van der Waals surface area (Å²) in [7, 11) is 0. The van der Waals surface area contributed by atoms with Crippen molar-refractivity contribution in [1.82, 2.24) is 15.4 Å². The van der Waals surface area contributed by atoms with Crippen LogP contribution in [0.1, 0.15) is 31.1 Å². The molecule has 4 aromatic rings. The van der Waals surface area contributed by atoms with Gasteiger partial charge in [-0.25, -0.2) is 0 Å². The predicted octanol–water partition coefficient (Wildman–Crippen LogP) is 4.31. The third-order valence-electron chi connectivity index (χ3n) is 4.74. The minimum absolute atomic E-state index is 0.558. The van der Waals surface area contributed by atoms with Gasteiger partial charge in [0.25, 0.3) is 0 Å². The quantitative estimate of drug-likeness (QED) is 0.454. The van der Waals surface area contributed by atoms with E-state index in [1.165, 1.54) is 0 Å². The molecular formula is C24H15N3O3. The maximum atomic E-state index is 11.1. The Morgan fingerprint density at radius 3 is 1.13 bits per heavy atom. The molecule has 144 valence electrons. The second kappa shape index (κ2) is 8.36. The summed E-state index contributed by atoms with van der Waals surface area (Å²) in [6.07, 6.45) is 2.34. The average Bonchev–Trinajstić information content (AvgIpc) is 2.84. The van der Waals surface area contributed by atoms with E-state index in [1.807, 2.05) is 12.1 Å². The van der Waals surface area contributed by atoms with E-state index in [4.69, 9.17) is 0 Å². The van der Waals surface area contributed by atoms with Gasteiger partial charge in [0.15, 0.2) is 0 Å². The number of rotatable bonds is 6. The van der Waals surface area contributed by atoms with Gasteiger partial charge in [0.05, 0.1) is 0 Å². The molecule has 30 heavy (non-hydrogen) atoms. The summed E-state index contributed by atoms with van der Waals surface area (Å²) < 4.78 is 0. The first kappa shape index (κ1) is 19.0. The van der Waals surface area contributed by atoms with Crippen LogP contribution >= 0.6 is 0 Å². The van der Waals surface area contributed by atoms with Gasteiger partial charge in [-0.05, 0) is 10.8 Å². The summed E-state index contributed by atoms with van der Waals surface area (Å²) in [6, 6.07) is 21.2. The Kier molecular flexibility index (Phi) is 5.30. The van der Waals surface area contributed by atoms with Crippen molar-refractivity contribution >= 4 is 18.9 Å². The molecule has 0 bridgehead atoms. The number of hydrogen-bond donors (Lipinski definition) is 0. The molecule has 0 aliphatic rings. The Hall–Kier alpha value is -4.32. The highest BCUT2D eigenvalue weighted by Gasteiger charge is 2.18. The Labute approximate surface area is 172 Å². The van der Waals surface area contributed by atoms with Crippen LogP contribution in [0.15, 0.2) is 72.8 Å². The van der Waals surface area contributed by atoms with Gasteiger partial charge in [-0.15, -0.1) is 10.2 Å². The molecule has 1 heterocycles. The normalized spacial score (nSPS) is 10.4. The van der Waals surface area contributed by atoms with E-state index in [0.717, 1.165) is 41.1 Å². The van der Waals surface area contributed by atoms with Gasteiger partial charge in [0.2, 0.25) is 0 Å². The highest BCUT2D eigenvalue weighted by atomic mass is 16.1. The molecule has 0 aliphatic heterocycles. The zero-order chi connectivity index (χ0) is 20.9. The summed E-state index contributed by atoms with van der Waals surface area (Å²) >= 11 is 0. The van der Waals surface area contributed by atoms with E-state index < -0.39 is 0 Å². The second-order valence-electron chi connectivity index (χ2n) is 6.58. The zero-order valence-corrected chi connectivity index (χ0v) is 15.7. The van der Waals surface area contributed by atoms with Crippen LogP contribution in [-0.2, 0) is 0 Å². The Morgan fingerprint density at radius 2 is 0.800 bits per heavy atom. The van der Waals surface area contributed by atoms with Crippen molar-refractivity contribution in [2.24, 2.45) is 0 Å². The molecule has 0 radical (unpaired) electrons. The molecule has 4 rings (SSSR count). The zero-order valence-electron chi connectivity index (χ0n) is 15.7. The molecule has 0 atom stereocenters. The molecule has 0 saturated heterocycles. The topological polar surface area (TPSA) is 89.9 Å². The molecule has 1 aromatic heterocycles. The maximum Gasteiger partial charge on any atom is 0.150 e. The van der Waals surface area contributed by atoms with E-state index in [2.05, 4.69) is 15.4 Å². The summed E-state index contributed by atoms with van der Waals surface area (Å²) in [5.74, 6) is 0. The molecule has 3 aromatic carbocycles. The fraction of sp³-hybridized carbons (Fsp3) is 0. The SMILES string of the molecule is O=Cc1ccc(-c2nnnc(-c3ccc(C=O)cc3)c2-c2ccc(C=O)cc2)cc1. The lowest BCUT2D eigenvalue weighted by Crippen LogP contribution is -2.00. The number of carbonyl (C=O) groups excluding carboxylic acids is 3. The van der Waals surface area contributed by atoms with Gasteiger partial charge in [0, 0.05) is 33.4 Å². The summed E-state index contributed by atoms with van der Waals surface area (Å²) in [5, 5.41) is 12.5. The lowest BCUT2D eigenvalue weighted by atomic mass is 9.94. The third-order valence-corrected chi connectivity index (χ3v) is 4.74. The van der Waals surface area contributed by atoms with Gasteiger partial charge in [-0.2, -0.15) is 0 Å². The Morgan fingerprint density at radius 1 is 0.467 bits per heavy atom. The first-order valence-corrected chi connectivity index (χ1v) is 9.13. The predicted molar refractivity (Wildman–Crippen MR) is 112 cm³/mol. The second-order valence-corrected chi connectivity index (χ2v) is 6.58. The van der Waals surface area contributed by atoms with Crippen LogP contribution in [0.25, 0.3) is 33.6 Å². The number of nitrogens with zero attached hydrogens (tertiary/aromatic N) is 3. The fourth-order valence-electron chi connectivity index (χ4n) is 3.17. The van der Waals surface area contributed by atoms with Crippen molar-refractivity contribution in [2.45, 2.75) is 0 Å². The van der Waals surface area contributed by atoms with Crippen molar-refractivity contribution in [1.29, 1.82) is 0 Å². The van der Waals surface area contributed by atoms with Crippen molar-refractivity contribution in [2.75, 3.05) is 0 Å². The monoisotopic (exact) mass is 393 g/mol. The van der Waals surface area contributed by atoms with E-state index in [-0.39, 0.29) is 0 Å². The molecular weight excluding hydrogens is 378 g/mol. The largest absolute Gasteiger partial charge is 0.298 e. The van der Waals surface area contributed by atoms with E-state index >= 15 is 0 Å². The number of benzene rings is 3. The molecule has 0 spiro atoms. The lowest BCUT2D eigenvalue weighted by Gasteiger charge is -2.13. The van der Waals surface area contributed by atoms with Crippen molar-refractivity contribution in [3.8, 4) is 33.6 Å². The Bertz CT molecular complexity index is 1150. The van der Waals surface area contributed by atoms with Crippen LogP contribution in [-0.4, -0.2) is 34.3 Å². The molecule has 0 N–H and O–H groups in total. The highest BCUT2D eigenvalue weighted by Crippen LogP contribution is 2.37. The Balaban J connectivity index is 1.95. The van der Waals surface area contributed by atoms with E-state index in [0.29, 0.717) is 28.1 Å². The lowest BCUT2D eigenvalue weighted by molar-refractivity contribution is 0.111. The summed E-state index contributed by atoms with van der Waals surface area (Å²) in [6.45, 7) is 0. The maximum absolute atomic E-state index is 11.1. The number of aldehydes is 3. The number of hydrogen-bond acceptors (Lipinski definition) is 6. The van der Waals surface area contributed by atoms with Crippen LogP contribution in [0, 0.1) is 0 Å². The summed E-state index contributed by atoms with van der Waals surface area (Å²) in [5.41, 5.74) is 5.96. The van der Waals surface area contributed by atoms with Gasteiger partial charge >= 0.3 is 0 Å². The smallest absolute Gasteiger partial charge is 0.150 e.